The fourth-order valence-corrected chi connectivity index (χ4v) is 1.71. The smallest absolute Gasteiger partial charge is 0.123 e. The van der Waals surface area contributed by atoms with Gasteiger partial charge in [-0.25, -0.2) is 0 Å². The molecule has 0 aliphatic heterocycles. The second-order valence-corrected chi connectivity index (χ2v) is 4.31. The Hall–Kier alpha value is -1.26. The second kappa shape index (κ2) is 5.18. The van der Waals surface area contributed by atoms with E-state index in [1.807, 2.05) is 36.4 Å². The monoisotopic (exact) mass is 281 g/mol. The van der Waals surface area contributed by atoms with Crippen molar-refractivity contribution in [1.82, 2.24) is 0 Å². The fraction of sp³-hybridized carbons (Fsp3) is 0.167. The highest BCUT2D eigenvalue weighted by Gasteiger charge is 2.09. The van der Waals surface area contributed by atoms with E-state index in [0.29, 0.717) is 6.61 Å². The molecule has 0 bridgehead atoms. The third kappa shape index (κ3) is 2.87. The molecule has 16 heavy (non-hydrogen) atoms. The maximum atomic E-state index is 5.89. The Kier molecular flexibility index (Phi) is 3.64. The lowest BCUT2D eigenvalue weighted by Crippen LogP contribution is -2.18. The highest BCUT2D eigenvalue weighted by molar-refractivity contribution is 9.10. The summed E-state index contributed by atoms with van der Waals surface area (Å²) in [6.45, 7) is 0.393. The summed E-state index contributed by atoms with van der Waals surface area (Å²) >= 11 is 3.38. The van der Waals surface area contributed by atoms with E-state index in [1.165, 1.54) is 0 Å². The molecule has 0 fully saturated rings. The topological polar surface area (TPSA) is 48.4 Å². The van der Waals surface area contributed by atoms with Crippen LogP contribution in [-0.2, 0) is 0 Å². The number of hydrogen-bond donors (Lipinski definition) is 1. The average molecular weight is 282 g/mol. The fourth-order valence-electron chi connectivity index (χ4n) is 1.33. The van der Waals surface area contributed by atoms with Crippen molar-refractivity contribution in [3.8, 4) is 5.75 Å². The number of rotatable bonds is 4. The van der Waals surface area contributed by atoms with Crippen LogP contribution in [0.1, 0.15) is 11.8 Å². The summed E-state index contributed by atoms with van der Waals surface area (Å²) in [7, 11) is 0. The zero-order valence-corrected chi connectivity index (χ0v) is 10.2. The molecule has 0 aliphatic carbocycles. The molecule has 1 heterocycles. The molecule has 1 aromatic carbocycles. The van der Waals surface area contributed by atoms with E-state index in [9.17, 15) is 0 Å². The third-order valence-electron chi connectivity index (χ3n) is 2.13. The molecule has 3 nitrogen and oxygen atoms in total. The van der Waals surface area contributed by atoms with Gasteiger partial charge in [0.15, 0.2) is 0 Å². The van der Waals surface area contributed by atoms with Crippen molar-refractivity contribution in [3.63, 3.8) is 0 Å². The van der Waals surface area contributed by atoms with Gasteiger partial charge in [-0.05, 0) is 30.3 Å². The molecule has 1 aromatic heterocycles. The molecule has 0 radical (unpaired) electrons. The van der Waals surface area contributed by atoms with Crippen LogP contribution < -0.4 is 10.5 Å². The van der Waals surface area contributed by atoms with Crippen LogP contribution in [0, 0.1) is 0 Å². The van der Waals surface area contributed by atoms with Crippen molar-refractivity contribution in [1.29, 1.82) is 0 Å². The summed E-state index contributed by atoms with van der Waals surface area (Å²) in [4.78, 5) is 0. The van der Waals surface area contributed by atoms with Gasteiger partial charge < -0.3 is 14.9 Å². The summed E-state index contributed by atoms with van der Waals surface area (Å²) in [6, 6.07) is 11.1. The number of nitrogens with two attached hydrogens (primary N) is 1. The number of benzene rings is 1. The maximum Gasteiger partial charge on any atom is 0.123 e. The molecule has 0 aliphatic rings. The number of ether oxygens (including phenoxy) is 1. The van der Waals surface area contributed by atoms with Gasteiger partial charge in [0.1, 0.15) is 18.1 Å². The molecule has 0 saturated heterocycles. The van der Waals surface area contributed by atoms with Gasteiger partial charge in [-0.3, -0.25) is 0 Å². The first kappa shape index (κ1) is 11.2. The van der Waals surface area contributed by atoms with E-state index in [4.69, 9.17) is 14.9 Å². The first-order chi connectivity index (χ1) is 7.75. The SMILES string of the molecule is NC(COc1cccc(Br)c1)c1ccco1. The molecule has 4 heteroatoms. The maximum absolute atomic E-state index is 5.89. The highest BCUT2D eigenvalue weighted by atomic mass is 79.9. The molecule has 2 N–H and O–H groups in total. The lowest BCUT2D eigenvalue weighted by molar-refractivity contribution is 0.273. The Balaban J connectivity index is 1.92. The minimum atomic E-state index is -0.242. The number of halogens is 1. The normalized spacial score (nSPS) is 12.4. The van der Waals surface area contributed by atoms with E-state index in [1.54, 1.807) is 6.26 Å². The van der Waals surface area contributed by atoms with Crippen LogP contribution >= 0.6 is 15.9 Å². The predicted molar refractivity (Wildman–Crippen MR) is 65.3 cm³/mol. The second-order valence-electron chi connectivity index (χ2n) is 3.39. The summed E-state index contributed by atoms with van der Waals surface area (Å²) in [6.07, 6.45) is 1.61. The Morgan fingerprint density at radius 1 is 1.31 bits per heavy atom. The van der Waals surface area contributed by atoms with E-state index in [-0.39, 0.29) is 6.04 Å². The molecular formula is C12H12BrNO2. The van der Waals surface area contributed by atoms with Crippen LogP contribution in [0.4, 0.5) is 0 Å². The van der Waals surface area contributed by atoms with E-state index in [2.05, 4.69) is 15.9 Å². The van der Waals surface area contributed by atoms with Gasteiger partial charge in [-0.15, -0.1) is 0 Å². The number of hydrogen-bond acceptors (Lipinski definition) is 3. The van der Waals surface area contributed by atoms with Crippen molar-refractivity contribution in [2.75, 3.05) is 6.61 Å². The average Bonchev–Trinajstić information content (AvgIpc) is 2.79. The lowest BCUT2D eigenvalue weighted by atomic mass is 10.2. The highest BCUT2D eigenvalue weighted by Crippen LogP contribution is 2.19. The Morgan fingerprint density at radius 3 is 2.88 bits per heavy atom. The first-order valence-corrected chi connectivity index (χ1v) is 5.72. The molecule has 1 atom stereocenters. The van der Waals surface area contributed by atoms with Crippen LogP contribution in [-0.4, -0.2) is 6.61 Å². The van der Waals surface area contributed by atoms with Gasteiger partial charge in [0.2, 0.25) is 0 Å². The molecule has 2 aromatic rings. The summed E-state index contributed by atoms with van der Waals surface area (Å²) < 4.78 is 11.7. The minimum absolute atomic E-state index is 0.242. The molecule has 1 unspecified atom stereocenters. The van der Waals surface area contributed by atoms with Crippen molar-refractivity contribution in [2.45, 2.75) is 6.04 Å². The van der Waals surface area contributed by atoms with Crippen LogP contribution in [0.2, 0.25) is 0 Å². The lowest BCUT2D eigenvalue weighted by Gasteiger charge is -2.11. The van der Waals surface area contributed by atoms with Gasteiger partial charge in [-0.1, -0.05) is 22.0 Å². The summed E-state index contributed by atoms with van der Waals surface area (Å²) in [5.41, 5.74) is 5.89. The van der Waals surface area contributed by atoms with Gasteiger partial charge in [0, 0.05) is 4.47 Å². The Bertz CT molecular complexity index is 442. The minimum Gasteiger partial charge on any atom is -0.491 e. The molecule has 0 saturated carbocycles. The molecular weight excluding hydrogens is 270 g/mol. The van der Waals surface area contributed by atoms with Crippen molar-refractivity contribution >= 4 is 15.9 Å². The Morgan fingerprint density at radius 2 is 2.19 bits per heavy atom. The zero-order chi connectivity index (χ0) is 11.4. The van der Waals surface area contributed by atoms with Crippen LogP contribution in [0.15, 0.2) is 51.6 Å². The van der Waals surface area contributed by atoms with Gasteiger partial charge >= 0.3 is 0 Å². The van der Waals surface area contributed by atoms with Gasteiger partial charge in [0.05, 0.1) is 12.3 Å². The predicted octanol–water partition coefficient (Wildman–Crippen LogP) is 3.12. The first-order valence-electron chi connectivity index (χ1n) is 4.93. The Labute approximate surface area is 102 Å². The van der Waals surface area contributed by atoms with Crippen LogP contribution in [0.5, 0.6) is 5.75 Å². The quantitative estimate of drug-likeness (QED) is 0.937. The zero-order valence-electron chi connectivity index (χ0n) is 8.60. The van der Waals surface area contributed by atoms with Crippen LogP contribution in [0.3, 0.4) is 0 Å². The van der Waals surface area contributed by atoms with E-state index >= 15 is 0 Å². The van der Waals surface area contributed by atoms with Gasteiger partial charge in [-0.2, -0.15) is 0 Å². The van der Waals surface area contributed by atoms with E-state index in [0.717, 1.165) is 16.0 Å². The largest absolute Gasteiger partial charge is 0.491 e. The molecule has 0 amide bonds. The molecule has 84 valence electrons. The van der Waals surface area contributed by atoms with Crippen LogP contribution in [0.25, 0.3) is 0 Å². The molecule has 0 spiro atoms. The van der Waals surface area contributed by atoms with Gasteiger partial charge in [0.25, 0.3) is 0 Å². The van der Waals surface area contributed by atoms with Crippen molar-refractivity contribution in [2.24, 2.45) is 5.73 Å². The standard InChI is InChI=1S/C12H12BrNO2/c13-9-3-1-4-10(7-9)16-8-11(14)12-5-2-6-15-12/h1-7,11H,8,14H2. The number of furan rings is 1. The third-order valence-corrected chi connectivity index (χ3v) is 2.63. The summed E-state index contributed by atoms with van der Waals surface area (Å²) in [5, 5.41) is 0. The van der Waals surface area contributed by atoms with Crippen molar-refractivity contribution < 1.29 is 9.15 Å². The summed E-state index contributed by atoms with van der Waals surface area (Å²) in [5.74, 6) is 1.52. The van der Waals surface area contributed by atoms with Crippen molar-refractivity contribution in [3.05, 3.63) is 52.9 Å². The molecule has 2 rings (SSSR count). The van der Waals surface area contributed by atoms with E-state index < -0.39 is 0 Å².